The Morgan fingerprint density at radius 3 is 2.92 bits per heavy atom. The van der Waals surface area contributed by atoms with Crippen LogP contribution in [-0.4, -0.2) is 17.9 Å². The first-order valence-corrected chi connectivity index (χ1v) is 4.50. The molecule has 1 amide bonds. The molecule has 2 rings (SSSR count). The van der Waals surface area contributed by atoms with Crippen molar-refractivity contribution in [2.45, 2.75) is 18.8 Å². The van der Waals surface area contributed by atoms with Crippen molar-refractivity contribution in [3.8, 4) is 0 Å². The number of rotatable bonds is 2. The average molecular weight is 176 g/mol. The van der Waals surface area contributed by atoms with Crippen LogP contribution in [0.5, 0.6) is 0 Å². The molecule has 1 fully saturated rings. The molecule has 0 spiro atoms. The molecular weight excluding hydrogens is 164 g/mol. The van der Waals surface area contributed by atoms with E-state index in [4.69, 9.17) is 0 Å². The molecule has 1 aliphatic carbocycles. The monoisotopic (exact) mass is 176 g/mol. The van der Waals surface area contributed by atoms with Gasteiger partial charge in [0, 0.05) is 18.7 Å². The first-order chi connectivity index (χ1) is 6.31. The van der Waals surface area contributed by atoms with Crippen molar-refractivity contribution in [1.29, 1.82) is 0 Å². The van der Waals surface area contributed by atoms with E-state index >= 15 is 0 Å². The zero-order chi connectivity index (χ0) is 9.26. The van der Waals surface area contributed by atoms with Gasteiger partial charge in [-0.25, -0.2) is 4.98 Å². The fraction of sp³-hybridized carbons (Fsp3) is 0.400. The lowest BCUT2D eigenvalue weighted by Crippen LogP contribution is -2.19. The van der Waals surface area contributed by atoms with E-state index in [0.29, 0.717) is 11.6 Å². The normalized spacial score (nSPS) is 15.5. The van der Waals surface area contributed by atoms with E-state index in [0.717, 1.165) is 5.69 Å². The SMILES string of the molecule is CNC(=O)c1cccc(C2CC2)n1. The van der Waals surface area contributed by atoms with Crippen LogP contribution in [0.3, 0.4) is 0 Å². The van der Waals surface area contributed by atoms with Gasteiger partial charge in [0.25, 0.3) is 5.91 Å². The van der Waals surface area contributed by atoms with Crippen LogP contribution in [0.1, 0.15) is 34.9 Å². The maximum absolute atomic E-state index is 11.2. The molecule has 1 aliphatic rings. The Labute approximate surface area is 77.2 Å². The number of aromatic nitrogens is 1. The van der Waals surface area contributed by atoms with E-state index in [-0.39, 0.29) is 5.91 Å². The van der Waals surface area contributed by atoms with Crippen molar-refractivity contribution in [3.05, 3.63) is 29.6 Å². The minimum atomic E-state index is -0.109. The maximum Gasteiger partial charge on any atom is 0.269 e. The lowest BCUT2D eigenvalue weighted by molar-refractivity contribution is 0.0958. The van der Waals surface area contributed by atoms with Gasteiger partial charge in [-0.05, 0) is 25.0 Å². The summed E-state index contributed by atoms with van der Waals surface area (Å²) in [6.07, 6.45) is 2.42. The number of nitrogens with zero attached hydrogens (tertiary/aromatic N) is 1. The van der Waals surface area contributed by atoms with Crippen LogP contribution in [0.15, 0.2) is 18.2 Å². The highest BCUT2D eigenvalue weighted by Crippen LogP contribution is 2.38. The summed E-state index contributed by atoms with van der Waals surface area (Å²) < 4.78 is 0. The summed E-state index contributed by atoms with van der Waals surface area (Å²) in [5, 5.41) is 2.57. The second-order valence-electron chi connectivity index (χ2n) is 3.30. The van der Waals surface area contributed by atoms with E-state index in [1.165, 1.54) is 12.8 Å². The zero-order valence-electron chi connectivity index (χ0n) is 7.58. The molecule has 0 aliphatic heterocycles. The number of carbonyl (C=O) groups is 1. The van der Waals surface area contributed by atoms with Gasteiger partial charge in [0.15, 0.2) is 0 Å². The second kappa shape index (κ2) is 3.17. The zero-order valence-corrected chi connectivity index (χ0v) is 7.58. The van der Waals surface area contributed by atoms with E-state index in [2.05, 4.69) is 10.3 Å². The Morgan fingerprint density at radius 2 is 2.31 bits per heavy atom. The third kappa shape index (κ3) is 1.69. The molecule has 0 radical (unpaired) electrons. The smallest absolute Gasteiger partial charge is 0.269 e. The lowest BCUT2D eigenvalue weighted by atomic mass is 10.2. The molecule has 0 unspecified atom stereocenters. The van der Waals surface area contributed by atoms with Crippen molar-refractivity contribution in [1.82, 2.24) is 10.3 Å². The molecule has 1 N–H and O–H groups in total. The Morgan fingerprint density at radius 1 is 1.54 bits per heavy atom. The average Bonchev–Trinajstić information content (AvgIpc) is 3.00. The standard InChI is InChI=1S/C10H12N2O/c1-11-10(13)9-4-2-3-8(12-9)7-5-6-7/h2-4,7H,5-6H2,1H3,(H,11,13). The minimum absolute atomic E-state index is 0.109. The van der Waals surface area contributed by atoms with Crippen LogP contribution >= 0.6 is 0 Å². The van der Waals surface area contributed by atoms with Gasteiger partial charge in [-0.1, -0.05) is 6.07 Å². The van der Waals surface area contributed by atoms with Gasteiger partial charge < -0.3 is 5.32 Å². The number of hydrogen-bond acceptors (Lipinski definition) is 2. The highest BCUT2D eigenvalue weighted by Gasteiger charge is 2.25. The van der Waals surface area contributed by atoms with Crippen LogP contribution in [0.2, 0.25) is 0 Å². The molecule has 0 bridgehead atoms. The topological polar surface area (TPSA) is 42.0 Å². The van der Waals surface area contributed by atoms with Crippen LogP contribution in [0.25, 0.3) is 0 Å². The number of amides is 1. The highest BCUT2D eigenvalue weighted by atomic mass is 16.1. The number of pyridine rings is 1. The Bertz CT molecular complexity index is 331. The fourth-order valence-corrected chi connectivity index (χ4v) is 1.31. The van der Waals surface area contributed by atoms with E-state index in [1.807, 2.05) is 12.1 Å². The van der Waals surface area contributed by atoms with Crippen LogP contribution in [-0.2, 0) is 0 Å². The molecule has 1 aromatic heterocycles. The molecular formula is C10H12N2O. The Kier molecular flexibility index (Phi) is 2.00. The number of carbonyl (C=O) groups excluding carboxylic acids is 1. The van der Waals surface area contributed by atoms with Gasteiger partial charge in [0.2, 0.25) is 0 Å². The summed E-state index contributed by atoms with van der Waals surface area (Å²) in [5.74, 6) is 0.493. The molecule has 1 heterocycles. The fourth-order valence-electron chi connectivity index (χ4n) is 1.31. The molecule has 13 heavy (non-hydrogen) atoms. The molecule has 0 aromatic carbocycles. The van der Waals surface area contributed by atoms with Crippen molar-refractivity contribution in [2.75, 3.05) is 7.05 Å². The molecule has 1 saturated carbocycles. The molecule has 3 heteroatoms. The third-order valence-corrected chi connectivity index (χ3v) is 2.23. The van der Waals surface area contributed by atoms with Gasteiger partial charge in [-0.3, -0.25) is 4.79 Å². The minimum Gasteiger partial charge on any atom is -0.354 e. The molecule has 0 saturated heterocycles. The van der Waals surface area contributed by atoms with Crippen molar-refractivity contribution < 1.29 is 4.79 Å². The quantitative estimate of drug-likeness (QED) is 0.738. The number of hydrogen-bond donors (Lipinski definition) is 1. The second-order valence-corrected chi connectivity index (χ2v) is 3.30. The Balaban J connectivity index is 2.26. The van der Waals surface area contributed by atoms with E-state index < -0.39 is 0 Å². The molecule has 3 nitrogen and oxygen atoms in total. The first kappa shape index (κ1) is 8.23. The molecule has 0 atom stereocenters. The summed E-state index contributed by atoms with van der Waals surface area (Å²) >= 11 is 0. The Hall–Kier alpha value is -1.38. The van der Waals surface area contributed by atoms with Crippen LogP contribution in [0, 0.1) is 0 Å². The van der Waals surface area contributed by atoms with Crippen LogP contribution < -0.4 is 5.32 Å². The van der Waals surface area contributed by atoms with E-state index in [9.17, 15) is 4.79 Å². The summed E-state index contributed by atoms with van der Waals surface area (Å²) in [6, 6.07) is 5.63. The van der Waals surface area contributed by atoms with Gasteiger partial charge in [0.05, 0.1) is 0 Å². The van der Waals surface area contributed by atoms with Gasteiger partial charge in [0.1, 0.15) is 5.69 Å². The summed E-state index contributed by atoms with van der Waals surface area (Å²) in [5.41, 5.74) is 1.58. The summed E-state index contributed by atoms with van der Waals surface area (Å²) in [7, 11) is 1.62. The predicted molar refractivity (Wildman–Crippen MR) is 49.6 cm³/mol. The summed E-state index contributed by atoms with van der Waals surface area (Å²) in [6.45, 7) is 0. The highest BCUT2D eigenvalue weighted by molar-refractivity contribution is 5.91. The molecule has 68 valence electrons. The predicted octanol–water partition coefficient (Wildman–Crippen LogP) is 1.32. The maximum atomic E-state index is 11.2. The number of nitrogens with one attached hydrogen (secondary N) is 1. The summed E-state index contributed by atoms with van der Waals surface area (Å²) in [4.78, 5) is 15.5. The van der Waals surface area contributed by atoms with Gasteiger partial charge in [-0.15, -0.1) is 0 Å². The van der Waals surface area contributed by atoms with Crippen molar-refractivity contribution in [3.63, 3.8) is 0 Å². The van der Waals surface area contributed by atoms with Gasteiger partial charge in [-0.2, -0.15) is 0 Å². The molecule has 1 aromatic rings. The first-order valence-electron chi connectivity index (χ1n) is 4.50. The lowest BCUT2D eigenvalue weighted by Gasteiger charge is -2.01. The van der Waals surface area contributed by atoms with Crippen molar-refractivity contribution >= 4 is 5.91 Å². The van der Waals surface area contributed by atoms with Crippen LogP contribution in [0.4, 0.5) is 0 Å². The van der Waals surface area contributed by atoms with Crippen molar-refractivity contribution in [2.24, 2.45) is 0 Å². The van der Waals surface area contributed by atoms with Gasteiger partial charge >= 0.3 is 0 Å². The van der Waals surface area contributed by atoms with E-state index in [1.54, 1.807) is 13.1 Å². The largest absolute Gasteiger partial charge is 0.354 e. The third-order valence-electron chi connectivity index (χ3n) is 2.23.